The maximum Gasteiger partial charge on any atom is 0.309 e. The fourth-order valence-corrected chi connectivity index (χ4v) is 4.99. The van der Waals surface area contributed by atoms with Crippen LogP contribution in [0.5, 0.6) is 0 Å². The first-order valence-corrected chi connectivity index (χ1v) is 16.9. The zero-order valence-corrected chi connectivity index (χ0v) is 29.4. The van der Waals surface area contributed by atoms with Gasteiger partial charge in [0.2, 0.25) is 12.1 Å². The van der Waals surface area contributed by atoms with Gasteiger partial charge in [-0.25, -0.2) is 0 Å². The van der Waals surface area contributed by atoms with Gasteiger partial charge in [0.25, 0.3) is 0 Å². The van der Waals surface area contributed by atoms with Crippen LogP contribution in [0.15, 0.2) is 0 Å². The SMILES string of the molecule is CCC(C)C(=O)O[C@H]1[C@@H](O[C@]2(CO)O[C@H](CO)[C@@H](O)[C@@H]2O)O[C@H](COC(=O)CC(C)C)[C@@H](OC(=O)C(C)CC)[C@@H]1OC(=O)CCC(C)C. The third-order valence-electron chi connectivity index (χ3n) is 8.52. The molecule has 0 aromatic rings. The second-order valence-corrected chi connectivity index (χ2v) is 13.5. The number of aliphatic hydroxyl groups excluding tert-OH is 4. The summed E-state index contributed by atoms with van der Waals surface area (Å²) in [6.45, 7) is 11.9. The summed E-state index contributed by atoms with van der Waals surface area (Å²) in [5.41, 5.74) is 0. The van der Waals surface area contributed by atoms with Crippen molar-refractivity contribution in [1.82, 2.24) is 0 Å². The summed E-state index contributed by atoms with van der Waals surface area (Å²) in [5.74, 6) is -6.33. The Labute approximate surface area is 282 Å². The molecule has 0 aromatic carbocycles. The molecule has 15 nitrogen and oxygen atoms in total. The number of hydrogen-bond acceptors (Lipinski definition) is 15. The number of carbonyl (C=O) groups excluding carboxylic acids is 4. The second-order valence-electron chi connectivity index (χ2n) is 13.5. The minimum Gasteiger partial charge on any atom is -0.463 e. The van der Waals surface area contributed by atoms with Crippen LogP contribution >= 0.6 is 0 Å². The maximum atomic E-state index is 13.3. The highest BCUT2D eigenvalue weighted by Crippen LogP contribution is 2.38. The monoisotopic (exact) mass is 692 g/mol. The molecule has 0 spiro atoms. The standard InChI is InChI=1S/C33H56O15/c1-9-19(7)30(40)45-26-22(15-42-24(37)13-18(5)6)43-32(48-33(16-35)29(39)25(38)21(14-34)47-33)28(46-31(41)20(8)10-2)27(26)44-23(36)12-11-17(3)4/h17-22,25-29,32,34-35,38-39H,9-16H2,1-8H3/t19?,20?,21-,22-,25-,26-,27+,28-,29+,32-,33+/m1/s1. The van der Waals surface area contributed by atoms with E-state index in [9.17, 15) is 39.6 Å². The van der Waals surface area contributed by atoms with Crippen molar-refractivity contribution in [3.63, 3.8) is 0 Å². The number of hydrogen-bond donors (Lipinski definition) is 4. The van der Waals surface area contributed by atoms with Gasteiger partial charge in [0, 0.05) is 12.8 Å². The molecule has 2 rings (SSSR count). The van der Waals surface area contributed by atoms with Crippen LogP contribution in [0.3, 0.4) is 0 Å². The second kappa shape index (κ2) is 19.1. The van der Waals surface area contributed by atoms with Crippen molar-refractivity contribution in [2.75, 3.05) is 19.8 Å². The van der Waals surface area contributed by atoms with Crippen LogP contribution in [0.4, 0.5) is 0 Å². The summed E-state index contributed by atoms with van der Waals surface area (Å²) >= 11 is 0. The summed E-state index contributed by atoms with van der Waals surface area (Å²) in [7, 11) is 0. The third-order valence-corrected chi connectivity index (χ3v) is 8.52. The smallest absolute Gasteiger partial charge is 0.309 e. The molecule has 278 valence electrons. The predicted octanol–water partition coefficient (Wildman–Crippen LogP) is 1.38. The Morgan fingerprint density at radius 1 is 0.771 bits per heavy atom. The van der Waals surface area contributed by atoms with Crippen LogP contribution in [-0.2, 0) is 52.3 Å². The predicted molar refractivity (Wildman–Crippen MR) is 167 cm³/mol. The Morgan fingerprint density at radius 3 is 1.83 bits per heavy atom. The van der Waals surface area contributed by atoms with Gasteiger partial charge in [-0.1, -0.05) is 55.4 Å². The molecule has 2 aliphatic rings. The molecule has 0 saturated carbocycles. The number of esters is 4. The fraction of sp³-hybridized carbons (Fsp3) is 0.879. The maximum absolute atomic E-state index is 13.3. The number of rotatable bonds is 18. The lowest BCUT2D eigenvalue weighted by Crippen LogP contribution is -2.65. The highest BCUT2D eigenvalue weighted by atomic mass is 16.8. The number of aliphatic hydroxyl groups is 4. The molecule has 2 heterocycles. The molecule has 2 aliphatic heterocycles. The Balaban J connectivity index is 2.70. The van der Waals surface area contributed by atoms with Crippen molar-refractivity contribution in [3.8, 4) is 0 Å². The summed E-state index contributed by atoms with van der Waals surface area (Å²) in [6.07, 6.45) is -11.7. The molecule has 0 aliphatic carbocycles. The quantitative estimate of drug-likeness (QED) is 0.118. The molecule has 0 aromatic heterocycles. The van der Waals surface area contributed by atoms with E-state index < -0.39 is 110 Å². The lowest BCUT2D eigenvalue weighted by Gasteiger charge is -2.46. The number of ether oxygens (including phenoxy) is 7. The van der Waals surface area contributed by atoms with E-state index in [4.69, 9.17) is 33.2 Å². The van der Waals surface area contributed by atoms with E-state index in [-0.39, 0.29) is 24.7 Å². The normalized spacial score (nSPS) is 31.7. The Bertz CT molecular complexity index is 1050. The highest BCUT2D eigenvalue weighted by Gasteiger charge is 2.61. The van der Waals surface area contributed by atoms with Crippen molar-refractivity contribution in [2.45, 2.75) is 142 Å². The molecule has 48 heavy (non-hydrogen) atoms. The lowest BCUT2D eigenvalue weighted by molar-refractivity contribution is -0.384. The molecule has 4 N–H and O–H groups in total. The van der Waals surface area contributed by atoms with Gasteiger partial charge in [-0.05, 0) is 31.1 Å². The Kier molecular flexibility index (Phi) is 16.6. The molecule has 2 fully saturated rings. The van der Waals surface area contributed by atoms with Gasteiger partial charge in [0.05, 0.1) is 18.4 Å². The van der Waals surface area contributed by atoms with Crippen molar-refractivity contribution < 1.29 is 72.8 Å². The zero-order valence-electron chi connectivity index (χ0n) is 29.4. The molecule has 0 amide bonds. The van der Waals surface area contributed by atoms with Crippen LogP contribution in [0.2, 0.25) is 0 Å². The summed E-state index contributed by atoms with van der Waals surface area (Å²) < 4.78 is 40.8. The first kappa shape index (κ1) is 41.8. The van der Waals surface area contributed by atoms with E-state index in [1.807, 2.05) is 27.7 Å². The Morgan fingerprint density at radius 2 is 1.35 bits per heavy atom. The minimum atomic E-state index is -2.41. The molecule has 2 unspecified atom stereocenters. The van der Waals surface area contributed by atoms with Crippen molar-refractivity contribution >= 4 is 23.9 Å². The van der Waals surface area contributed by atoms with Crippen LogP contribution in [-0.4, -0.2) is 119 Å². The van der Waals surface area contributed by atoms with Gasteiger partial charge in [-0.2, -0.15) is 0 Å². The molecule has 11 atom stereocenters. The summed E-state index contributed by atoms with van der Waals surface area (Å²) in [4.78, 5) is 52.3. The van der Waals surface area contributed by atoms with Gasteiger partial charge in [-0.3, -0.25) is 19.2 Å². The van der Waals surface area contributed by atoms with Gasteiger partial charge < -0.3 is 53.6 Å². The van der Waals surface area contributed by atoms with E-state index in [1.54, 1.807) is 27.7 Å². The average molecular weight is 693 g/mol. The minimum absolute atomic E-state index is 0.0422. The number of carbonyl (C=O) groups is 4. The van der Waals surface area contributed by atoms with Crippen LogP contribution in [0.1, 0.15) is 87.5 Å². The topological polar surface area (TPSA) is 214 Å². The van der Waals surface area contributed by atoms with Gasteiger partial charge in [0.15, 0.2) is 18.3 Å². The van der Waals surface area contributed by atoms with E-state index in [0.29, 0.717) is 19.3 Å². The molecule has 15 heteroatoms. The summed E-state index contributed by atoms with van der Waals surface area (Å²) in [6, 6.07) is 0. The van der Waals surface area contributed by atoms with Gasteiger partial charge in [0.1, 0.15) is 37.6 Å². The van der Waals surface area contributed by atoms with Crippen LogP contribution < -0.4 is 0 Å². The lowest BCUT2D eigenvalue weighted by atomic mass is 9.96. The third kappa shape index (κ3) is 11.1. The van der Waals surface area contributed by atoms with E-state index in [1.165, 1.54) is 0 Å². The molecular formula is C33H56O15. The van der Waals surface area contributed by atoms with Crippen LogP contribution in [0.25, 0.3) is 0 Å². The van der Waals surface area contributed by atoms with E-state index in [0.717, 1.165) is 0 Å². The van der Waals surface area contributed by atoms with E-state index >= 15 is 0 Å². The zero-order chi connectivity index (χ0) is 36.3. The van der Waals surface area contributed by atoms with Crippen LogP contribution in [0, 0.1) is 23.7 Å². The average Bonchev–Trinajstić information content (AvgIpc) is 3.28. The highest BCUT2D eigenvalue weighted by molar-refractivity contribution is 5.73. The molecule has 0 bridgehead atoms. The van der Waals surface area contributed by atoms with Crippen molar-refractivity contribution in [2.24, 2.45) is 23.7 Å². The van der Waals surface area contributed by atoms with Gasteiger partial charge in [-0.15, -0.1) is 0 Å². The summed E-state index contributed by atoms with van der Waals surface area (Å²) in [5, 5.41) is 41.5. The molecule has 0 radical (unpaired) electrons. The van der Waals surface area contributed by atoms with Crippen molar-refractivity contribution in [1.29, 1.82) is 0 Å². The Hall–Kier alpha value is -2.40. The molecular weight excluding hydrogens is 636 g/mol. The van der Waals surface area contributed by atoms with E-state index in [2.05, 4.69) is 0 Å². The largest absolute Gasteiger partial charge is 0.463 e. The first-order chi connectivity index (χ1) is 22.5. The van der Waals surface area contributed by atoms with Gasteiger partial charge >= 0.3 is 23.9 Å². The fourth-order valence-electron chi connectivity index (χ4n) is 4.99. The molecule has 2 saturated heterocycles. The van der Waals surface area contributed by atoms with Crippen molar-refractivity contribution in [3.05, 3.63) is 0 Å². The first-order valence-electron chi connectivity index (χ1n) is 16.9.